The van der Waals surface area contributed by atoms with Gasteiger partial charge in [-0.05, 0) is 74.0 Å². The molecule has 0 aliphatic heterocycles. The minimum absolute atomic E-state index is 0.559. The first kappa shape index (κ1) is 11.5. The summed E-state index contributed by atoms with van der Waals surface area (Å²) in [6, 6.07) is 0. The van der Waals surface area contributed by atoms with Crippen LogP contribution >= 0.6 is 0 Å². The van der Waals surface area contributed by atoms with E-state index in [1.54, 1.807) is 0 Å². The average Bonchev–Trinajstić information content (AvgIpc) is 2.86. The summed E-state index contributed by atoms with van der Waals surface area (Å²) in [6.45, 7) is 0. The van der Waals surface area contributed by atoms with Crippen LogP contribution in [0.2, 0.25) is 0 Å². The van der Waals surface area contributed by atoms with Crippen molar-refractivity contribution in [2.45, 2.75) is 64.2 Å². The predicted molar refractivity (Wildman–Crippen MR) is 72.1 cm³/mol. The summed E-state index contributed by atoms with van der Waals surface area (Å²) < 4.78 is 0. The fraction of sp³-hybridized carbons (Fsp3) is 0.941. The molecule has 0 amide bonds. The van der Waals surface area contributed by atoms with E-state index < -0.39 is 0 Å². The first-order chi connectivity index (χ1) is 8.83. The van der Waals surface area contributed by atoms with Gasteiger partial charge in [-0.2, -0.15) is 0 Å². The molecule has 0 aromatic rings. The maximum absolute atomic E-state index is 11.7. The number of Topliss-reactive ketones (excluding diaryl/α,β-unsaturated/α-hetero) is 1. The van der Waals surface area contributed by atoms with Crippen molar-refractivity contribution in [2.75, 3.05) is 0 Å². The Morgan fingerprint density at radius 2 is 1.39 bits per heavy atom. The van der Waals surface area contributed by atoms with Crippen LogP contribution in [0, 0.1) is 35.5 Å². The summed E-state index contributed by atoms with van der Waals surface area (Å²) in [6.07, 6.45) is 13.5. The number of hydrogen-bond acceptors (Lipinski definition) is 1. The number of carbonyl (C=O) groups excluding carboxylic acids is 1. The first-order valence-electron chi connectivity index (χ1n) is 8.34. The van der Waals surface area contributed by atoms with Crippen molar-refractivity contribution >= 4 is 5.78 Å². The summed E-state index contributed by atoms with van der Waals surface area (Å²) in [7, 11) is 0. The Morgan fingerprint density at radius 3 is 2.22 bits per heavy atom. The van der Waals surface area contributed by atoms with Crippen molar-refractivity contribution in [2.24, 2.45) is 35.5 Å². The lowest BCUT2D eigenvalue weighted by atomic mass is 9.54. The third-order valence-corrected chi connectivity index (χ3v) is 6.96. The maximum Gasteiger partial charge on any atom is 0.133 e. The largest absolute Gasteiger partial charge is 0.300 e. The Labute approximate surface area is 111 Å². The molecular weight excluding hydrogens is 220 g/mol. The van der Waals surface area contributed by atoms with Gasteiger partial charge in [0.1, 0.15) is 5.78 Å². The van der Waals surface area contributed by atoms with E-state index in [1.165, 1.54) is 51.4 Å². The van der Waals surface area contributed by atoms with Gasteiger partial charge in [-0.1, -0.05) is 12.8 Å². The van der Waals surface area contributed by atoms with Crippen LogP contribution in [0.3, 0.4) is 0 Å². The third-order valence-electron chi connectivity index (χ3n) is 6.96. The molecule has 0 saturated heterocycles. The van der Waals surface area contributed by atoms with Crippen molar-refractivity contribution < 1.29 is 4.79 Å². The topological polar surface area (TPSA) is 17.1 Å². The van der Waals surface area contributed by atoms with Gasteiger partial charge in [-0.3, -0.25) is 4.79 Å². The molecule has 1 nitrogen and oxygen atoms in total. The quantitative estimate of drug-likeness (QED) is 0.626. The van der Waals surface area contributed by atoms with Crippen LogP contribution in [0.4, 0.5) is 0 Å². The molecule has 0 radical (unpaired) electrons. The molecule has 0 aromatic carbocycles. The standard InChI is InChI=1S/C17H26O/c18-13-6-9-15-12(10-13)5-8-16-14-3-1-2-11(14)4-7-17(15)16/h11-12,14-17H,1-10H2/t11?,12-,14+,15?,16?,17?/m0/s1. The molecule has 4 rings (SSSR count). The Morgan fingerprint density at radius 1 is 0.667 bits per heavy atom. The van der Waals surface area contributed by atoms with Gasteiger partial charge in [0.25, 0.3) is 0 Å². The predicted octanol–water partition coefficient (Wildman–Crippen LogP) is 4.21. The van der Waals surface area contributed by atoms with Gasteiger partial charge in [-0.15, -0.1) is 0 Å². The van der Waals surface area contributed by atoms with Gasteiger partial charge in [0, 0.05) is 12.8 Å². The van der Waals surface area contributed by atoms with Gasteiger partial charge in [-0.25, -0.2) is 0 Å². The van der Waals surface area contributed by atoms with Crippen molar-refractivity contribution in [1.82, 2.24) is 0 Å². The summed E-state index contributed by atoms with van der Waals surface area (Å²) in [5.74, 6) is 6.52. The average molecular weight is 246 g/mol. The molecule has 18 heavy (non-hydrogen) atoms. The highest BCUT2D eigenvalue weighted by Crippen LogP contribution is 2.57. The van der Waals surface area contributed by atoms with E-state index in [4.69, 9.17) is 0 Å². The Kier molecular flexibility index (Phi) is 2.78. The van der Waals surface area contributed by atoms with Crippen LogP contribution in [0.5, 0.6) is 0 Å². The molecule has 0 heterocycles. The molecule has 4 saturated carbocycles. The van der Waals surface area contributed by atoms with Crippen molar-refractivity contribution in [3.63, 3.8) is 0 Å². The molecule has 0 aromatic heterocycles. The number of ketones is 1. The minimum Gasteiger partial charge on any atom is -0.300 e. The van der Waals surface area contributed by atoms with Gasteiger partial charge in [0.05, 0.1) is 0 Å². The highest BCUT2D eigenvalue weighted by atomic mass is 16.1. The minimum atomic E-state index is 0.559. The molecule has 4 unspecified atom stereocenters. The monoisotopic (exact) mass is 246 g/mol. The lowest BCUT2D eigenvalue weighted by Gasteiger charge is -2.51. The number of fused-ring (bicyclic) bond motifs is 5. The van der Waals surface area contributed by atoms with E-state index in [2.05, 4.69) is 0 Å². The summed E-state index contributed by atoms with van der Waals surface area (Å²) in [4.78, 5) is 11.7. The third kappa shape index (κ3) is 1.69. The van der Waals surface area contributed by atoms with Gasteiger partial charge in [0.15, 0.2) is 0 Å². The van der Waals surface area contributed by atoms with Gasteiger partial charge >= 0.3 is 0 Å². The highest BCUT2D eigenvalue weighted by Gasteiger charge is 2.49. The molecule has 6 atom stereocenters. The second-order valence-electron chi connectivity index (χ2n) is 7.54. The normalized spacial score (nSPS) is 51.4. The van der Waals surface area contributed by atoms with Crippen molar-refractivity contribution in [3.8, 4) is 0 Å². The van der Waals surface area contributed by atoms with E-state index in [9.17, 15) is 4.79 Å². The van der Waals surface area contributed by atoms with Crippen molar-refractivity contribution in [1.29, 1.82) is 0 Å². The molecule has 4 aliphatic carbocycles. The maximum atomic E-state index is 11.7. The molecule has 4 aliphatic rings. The van der Waals surface area contributed by atoms with E-state index in [-0.39, 0.29) is 0 Å². The lowest BCUT2D eigenvalue weighted by molar-refractivity contribution is -0.126. The molecule has 0 N–H and O–H groups in total. The van der Waals surface area contributed by atoms with E-state index in [0.29, 0.717) is 5.78 Å². The van der Waals surface area contributed by atoms with Crippen LogP contribution in [-0.2, 0) is 4.79 Å². The van der Waals surface area contributed by atoms with Crippen LogP contribution in [-0.4, -0.2) is 5.78 Å². The van der Waals surface area contributed by atoms with Crippen LogP contribution in [0.1, 0.15) is 64.2 Å². The first-order valence-corrected chi connectivity index (χ1v) is 8.34. The number of rotatable bonds is 0. The summed E-state index contributed by atoms with van der Waals surface area (Å²) >= 11 is 0. The lowest BCUT2D eigenvalue weighted by Crippen LogP contribution is -2.44. The summed E-state index contributed by atoms with van der Waals surface area (Å²) in [5.41, 5.74) is 0. The molecule has 0 spiro atoms. The highest BCUT2D eigenvalue weighted by molar-refractivity contribution is 5.79. The number of carbonyl (C=O) groups is 1. The van der Waals surface area contributed by atoms with E-state index >= 15 is 0 Å². The second kappa shape index (κ2) is 4.35. The van der Waals surface area contributed by atoms with Crippen LogP contribution in [0.15, 0.2) is 0 Å². The molecule has 0 bridgehead atoms. The van der Waals surface area contributed by atoms with Crippen LogP contribution in [0.25, 0.3) is 0 Å². The van der Waals surface area contributed by atoms with E-state index in [0.717, 1.165) is 48.3 Å². The van der Waals surface area contributed by atoms with Crippen LogP contribution < -0.4 is 0 Å². The van der Waals surface area contributed by atoms with Crippen molar-refractivity contribution in [3.05, 3.63) is 0 Å². The zero-order valence-electron chi connectivity index (χ0n) is 11.4. The Balaban J connectivity index is 1.55. The smallest absolute Gasteiger partial charge is 0.133 e. The van der Waals surface area contributed by atoms with Gasteiger partial charge < -0.3 is 0 Å². The SMILES string of the molecule is O=C1CCC2C3CCC4CCC[C@H]4C3CC[C@H]2C1. The zero-order valence-corrected chi connectivity index (χ0v) is 11.4. The Bertz CT molecular complexity index is 348. The second-order valence-corrected chi connectivity index (χ2v) is 7.54. The molecule has 4 fully saturated rings. The zero-order chi connectivity index (χ0) is 12.1. The van der Waals surface area contributed by atoms with E-state index in [1.807, 2.05) is 0 Å². The molecular formula is C17H26O. The summed E-state index contributed by atoms with van der Waals surface area (Å²) in [5, 5.41) is 0. The number of hydrogen-bond donors (Lipinski definition) is 0. The fourth-order valence-corrected chi connectivity index (χ4v) is 6.28. The molecule has 1 heteroatoms. The van der Waals surface area contributed by atoms with Gasteiger partial charge in [0.2, 0.25) is 0 Å². The Hall–Kier alpha value is -0.330. The molecule has 100 valence electrons. The fourth-order valence-electron chi connectivity index (χ4n) is 6.28.